The Hall–Kier alpha value is -2.07. The molecule has 0 atom stereocenters. The minimum Gasteiger partial charge on any atom is -0.192 e. The largest absolute Gasteiger partial charge is 0.192 e. The van der Waals surface area contributed by atoms with Crippen LogP contribution < -0.4 is 0 Å². The van der Waals surface area contributed by atoms with E-state index in [9.17, 15) is 0 Å². The van der Waals surface area contributed by atoms with E-state index in [0.717, 1.165) is 5.56 Å². The van der Waals surface area contributed by atoms with Crippen LogP contribution in [0.1, 0.15) is 80.9 Å². The molecule has 0 aliphatic heterocycles. The smallest absolute Gasteiger partial charge is 0.0991 e. The lowest BCUT2D eigenvalue weighted by Gasteiger charge is -2.27. The van der Waals surface area contributed by atoms with Gasteiger partial charge in [-0.3, -0.25) is 0 Å². The molecule has 1 fully saturated rings. The Balaban J connectivity index is 2.00. The fourth-order valence-corrected chi connectivity index (χ4v) is 4.25. The molecule has 2 aromatic carbocycles. The van der Waals surface area contributed by atoms with Gasteiger partial charge in [0, 0.05) is 0 Å². The Kier molecular flexibility index (Phi) is 6.29. The number of benzene rings is 2. The van der Waals surface area contributed by atoms with Crippen LogP contribution in [0, 0.1) is 11.3 Å². The molecular weight excluding hydrogens is 302 g/mol. The maximum atomic E-state index is 9.07. The van der Waals surface area contributed by atoms with Crippen LogP contribution in [-0.2, 0) is 6.42 Å². The summed E-state index contributed by atoms with van der Waals surface area (Å²) in [7, 11) is 0. The number of hydrogen-bond acceptors (Lipinski definition) is 1. The van der Waals surface area contributed by atoms with Crippen LogP contribution in [0.4, 0.5) is 0 Å². The monoisotopic (exact) mass is 331 g/mol. The molecule has 3 rings (SSSR count). The first kappa shape index (κ1) is 17.7. The van der Waals surface area contributed by atoms with Crippen LogP contribution in [0.25, 0.3) is 11.1 Å². The number of nitriles is 1. The first-order valence-electron chi connectivity index (χ1n) is 9.95. The lowest BCUT2D eigenvalue weighted by molar-refractivity contribution is 0.442. The summed E-state index contributed by atoms with van der Waals surface area (Å²) in [5.74, 6) is 0.706. The second-order valence-corrected chi connectivity index (χ2v) is 7.36. The minimum absolute atomic E-state index is 0.706. The third kappa shape index (κ3) is 4.31. The lowest BCUT2D eigenvalue weighted by atomic mass is 9.78. The highest BCUT2D eigenvalue weighted by molar-refractivity contribution is 5.70. The van der Waals surface area contributed by atoms with Crippen molar-refractivity contribution in [3.8, 4) is 17.2 Å². The van der Waals surface area contributed by atoms with Gasteiger partial charge in [-0.1, -0.05) is 69.4 Å². The van der Waals surface area contributed by atoms with Crippen molar-refractivity contribution in [2.75, 3.05) is 0 Å². The maximum Gasteiger partial charge on any atom is 0.0991 e. The topological polar surface area (TPSA) is 23.8 Å². The predicted molar refractivity (Wildman–Crippen MR) is 106 cm³/mol. The van der Waals surface area contributed by atoms with E-state index in [1.165, 1.54) is 68.9 Å². The highest BCUT2D eigenvalue weighted by Crippen LogP contribution is 2.40. The van der Waals surface area contributed by atoms with Gasteiger partial charge in [0.05, 0.1) is 11.6 Å². The summed E-state index contributed by atoms with van der Waals surface area (Å²) in [6.07, 6.45) is 11.8. The van der Waals surface area contributed by atoms with E-state index in [1.807, 2.05) is 12.1 Å². The van der Waals surface area contributed by atoms with Gasteiger partial charge >= 0.3 is 0 Å². The molecule has 0 bridgehead atoms. The minimum atomic E-state index is 0.706. The van der Waals surface area contributed by atoms with Crippen LogP contribution in [0.2, 0.25) is 0 Å². The molecule has 0 spiro atoms. The van der Waals surface area contributed by atoms with Crippen LogP contribution in [0.15, 0.2) is 42.5 Å². The van der Waals surface area contributed by atoms with E-state index in [-0.39, 0.29) is 0 Å². The van der Waals surface area contributed by atoms with E-state index in [0.29, 0.717) is 5.92 Å². The van der Waals surface area contributed by atoms with E-state index in [4.69, 9.17) is 5.26 Å². The van der Waals surface area contributed by atoms with E-state index in [2.05, 4.69) is 43.3 Å². The molecule has 0 saturated heterocycles. The summed E-state index contributed by atoms with van der Waals surface area (Å²) in [5, 5.41) is 9.07. The highest BCUT2D eigenvalue weighted by atomic mass is 14.3. The average molecular weight is 332 g/mol. The van der Waals surface area contributed by atoms with Crippen molar-refractivity contribution < 1.29 is 0 Å². The van der Waals surface area contributed by atoms with Crippen molar-refractivity contribution in [2.24, 2.45) is 0 Å². The van der Waals surface area contributed by atoms with Gasteiger partial charge in [-0.15, -0.1) is 0 Å². The fourth-order valence-electron chi connectivity index (χ4n) is 4.25. The molecule has 0 unspecified atom stereocenters. The Morgan fingerprint density at radius 2 is 1.72 bits per heavy atom. The molecule has 2 aromatic rings. The molecule has 130 valence electrons. The zero-order valence-electron chi connectivity index (χ0n) is 15.4. The molecular formula is C24H29N. The SMILES string of the molecule is CCCCCc1cccc(-c2ccc(C#N)cc2)c1C1CCCCC1. The van der Waals surface area contributed by atoms with Crippen LogP contribution >= 0.6 is 0 Å². The summed E-state index contributed by atoms with van der Waals surface area (Å²) < 4.78 is 0. The number of aryl methyl sites for hydroxylation is 1. The quantitative estimate of drug-likeness (QED) is 0.522. The van der Waals surface area contributed by atoms with Gasteiger partial charge in [0.25, 0.3) is 0 Å². The second kappa shape index (κ2) is 8.86. The summed E-state index contributed by atoms with van der Waals surface area (Å²) in [5.41, 5.74) is 6.55. The average Bonchev–Trinajstić information content (AvgIpc) is 2.69. The molecule has 1 aliphatic rings. The molecule has 0 heterocycles. The standard InChI is InChI=1S/C24H29N/c1-2-3-5-9-22-12-8-13-23(20-16-14-19(18-25)15-17-20)24(22)21-10-6-4-7-11-21/h8,12-17,21H,2-7,9-11H2,1H3. The number of unbranched alkanes of at least 4 members (excludes halogenated alkanes) is 2. The highest BCUT2D eigenvalue weighted by Gasteiger charge is 2.22. The number of rotatable bonds is 6. The molecule has 0 radical (unpaired) electrons. The van der Waals surface area contributed by atoms with Crippen LogP contribution in [0.3, 0.4) is 0 Å². The van der Waals surface area contributed by atoms with Crippen molar-refractivity contribution in [3.05, 3.63) is 59.2 Å². The summed E-state index contributed by atoms with van der Waals surface area (Å²) in [4.78, 5) is 0. The first-order chi connectivity index (χ1) is 12.3. The Labute approximate surface area is 152 Å². The molecule has 25 heavy (non-hydrogen) atoms. The lowest BCUT2D eigenvalue weighted by Crippen LogP contribution is -2.09. The van der Waals surface area contributed by atoms with Gasteiger partial charge in [-0.05, 0) is 66.0 Å². The van der Waals surface area contributed by atoms with Gasteiger partial charge in [0.2, 0.25) is 0 Å². The molecule has 0 aromatic heterocycles. The van der Waals surface area contributed by atoms with Crippen LogP contribution in [0.5, 0.6) is 0 Å². The predicted octanol–water partition coefficient (Wildman–Crippen LogP) is 7.01. The summed E-state index contributed by atoms with van der Waals surface area (Å²) in [6.45, 7) is 2.27. The molecule has 1 nitrogen and oxygen atoms in total. The molecule has 0 N–H and O–H groups in total. The van der Waals surface area contributed by atoms with Gasteiger partial charge < -0.3 is 0 Å². The van der Waals surface area contributed by atoms with Crippen LogP contribution in [-0.4, -0.2) is 0 Å². The van der Waals surface area contributed by atoms with Crippen molar-refractivity contribution in [3.63, 3.8) is 0 Å². The first-order valence-corrected chi connectivity index (χ1v) is 9.95. The van der Waals surface area contributed by atoms with E-state index >= 15 is 0 Å². The number of nitrogens with zero attached hydrogens (tertiary/aromatic N) is 1. The van der Waals surface area contributed by atoms with Gasteiger partial charge in [0.15, 0.2) is 0 Å². The fraction of sp³-hybridized carbons (Fsp3) is 0.458. The molecule has 1 saturated carbocycles. The Morgan fingerprint density at radius 1 is 0.960 bits per heavy atom. The summed E-state index contributed by atoms with van der Waals surface area (Å²) in [6, 6.07) is 17.2. The van der Waals surface area contributed by atoms with Crippen molar-refractivity contribution in [1.29, 1.82) is 5.26 Å². The number of hydrogen-bond donors (Lipinski definition) is 0. The zero-order chi connectivity index (χ0) is 17.5. The molecule has 1 aliphatic carbocycles. The normalized spacial score (nSPS) is 15.0. The second-order valence-electron chi connectivity index (χ2n) is 7.36. The van der Waals surface area contributed by atoms with Gasteiger partial charge in [-0.2, -0.15) is 5.26 Å². The Bertz CT molecular complexity index is 715. The van der Waals surface area contributed by atoms with Gasteiger partial charge in [-0.25, -0.2) is 0 Å². The Morgan fingerprint density at radius 3 is 2.40 bits per heavy atom. The van der Waals surface area contributed by atoms with Gasteiger partial charge in [0.1, 0.15) is 0 Å². The van der Waals surface area contributed by atoms with Crippen molar-refractivity contribution in [2.45, 2.75) is 70.6 Å². The van der Waals surface area contributed by atoms with E-state index < -0.39 is 0 Å². The third-order valence-corrected chi connectivity index (χ3v) is 5.58. The zero-order valence-corrected chi connectivity index (χ0v) is 15.4. The molecule has 0 amide bonds. The maximum absolute atomic E-state index is 9.07. The van der Waals surface area contributed by atoms with E-state index in [1.54, 1.807) is 11.1 Å². The van der Waals surface area contributed by atoms with Crippen molar-refractivity contribution in [1.82, 2.24) is 0 Å². The molecule has 1 heteroatoms. The third-order valence-electron chi connectivity index (χ3n) is 5.58. The van der Waals surface area contributed by atoms with Crippen molar-refractivity contribution >= 4 is 0 Å². The summed E-state index contributed by atoms with van der Waals surface area (Å²) >= 11 is 0.